The molecule has 74 valence electrons. The van der Waals surface area contributed by atoms with Gasteiger partial charge in [-0.05, 0) is 12.0 Å². The monoisotopic (exact) mass is 191 g/mol. The molecule has 0 amide bonds. The van der Waals surface area contributed by atoms with Gasteiger partial charge in [0.25, 0.3) is 0 Å². The molecule has 14 heavy (non-hydrogen) atoms. The number of benzene rings is 1. The molecule has 0 saturated carbocycles. The van der Waals surface area contributed by atoms with Gasteiger partial charge >= 0.3 is 0 Å². The van der Waals surface area contributed by atoms with Gasteiger partial charge in [0.2, 0.25) is 0 Å². The Kier molecular flexibility index (Phi) is 2.01. The molecule has 3 nitrogen and oxygen atoms in total. The highest BCUT2D eigenvalue weighted by Gasteiger charge is 2.45. The van der Waals surface area contributed by atoms with Crippen molar-refractivity contribution in [3.63, 3.8) is 0 Å². The Hall–Kier alpha value is -0.900. The fourth-order valence-electron chi connectivity index (χ4n) is 1.85. The standard InChI is InChI=1S/C11H13NO2/c1-2-4-8(5-3-1)6-9-7-13-11-10(12-9)14-11/h1-5,9-12H,6-7H2/t9-,10?,11?/m1/s1. The molecule has 3 atom stereocenters. The molecule has 0 spiro atoms. The third-order valence-corrected chi connectivity index (χ3v) is 2.64. The average Bonchev–Trinajstić information content (AvgIpc) is 2.97. The SMILES string of the molecule is c1ccc(C[C@@H]2COC3OC3N2)cc1. The topological polar surface area (TPSA) is 33.8 Å². The number of rotatable bonds is 2. The van der Waals surface area contributed by atoms with Gasteiger partial charge < -0.3 is 9.47 Å². The van der Waals surface area contributed by atoms with E-state index >= 15 is 0 Å². The van der Waals surface area contributed by atoms with E-state index in [1.54, 1.807) is 0 Å². The van der Waals surface area contributed by atoms with Crippen molar-refractivity contribution in [3.05, 3.63) is 35.9 Å². The summed E-state index contributed by atoms with van der Waals surface area (Å²) in [7, 11) is 0. The van der Waals surface area contributed by atoms with Gasteiger partial charge in [-0.15, -0.1) is 0 Å². The second-order valence-electron chi connectivity index (χ2n) is 3.81. The van der Waals surface area contributed by atoms with Crippen LogP contribution in [0.3, 0.4) is 0 Å². The summed E-state index contributed by atoms with van der Waals surface area (Å²) in [5.41, 5.74) is 1.34. The summed E-state index contributed by atoms with van der Waals surface area (Å²) < 4.78 is 10.7. The Morgan fingerprint density at radius 2 is 2.14 bits per heavy atom. The first-order chi connectivity index (χ1) is 6.92. The lowest BCUT2D eigenvalue weighted by Crippen LogP contribution is -2.42. The zero-order valence-corrected chi connectivity index (χ0v) is 7.85. The van der Waals surface area contributed by atoms with Gasteiger partial charge in [0.1, 0.15) is 0 Å². The molecule has 0 aromatic heterocycles. The van der Waals surface area contributed by atoms with E-state index in [1.165, 1.54) is 5.56 Å². The van der Waals surface area contributed by atoms with E-state index in [9.17, 15) is 0 Å². The van der Waals surface area contributed by atoms with Crippen molar-refractivity contribution in [1.29, 1.82) is 0 Å². The molecule has 2 saturated heterocycles. The fraction of sp³-hybridized carbons (Fsp3) is 0.455. The normalized spacial score (nSPS) is 35.0. The van der Waals surface area contributed by atoms with Crippen molar-refractivity contribution >= 4 is 0 Å². The van der Waals surface area contributed by atoms with E-state index in [2.05, 4.69) is 29.6 Å². The van der Waals surface area contributed by atoms with Gasteiger partial charge in [0, 0.05) is 6.04 Å². The van der Waals surface area contributed by atoms with Crippen LogP contribution in [-0.4, -0.2) is 25.2 Å². The molecule has 0 bridgehead atoms. The van der Waals surface area contributed by atoms with Crippen molar-refractivity contribution in [2.75, 3.05) is 6.61 Å². The maximum Gasteiger partial charge on any atom is 0.199 e. The molecule has 2 aliphatic heterocycles. The zero-order valence-electron chi connectivity index (χ0n) is 7.85. The first-order valence-electron chi connectivity index (χ1n) is 4.99. The molecular formula is C11H13NO2. The van der Waals surface area contributed by atoms with Crippen molar-refractivity contribution in [2.24, 2.45) is 0 Å². The van der Waals surface area contributed by atoms with Crippen LogP contribution in [0.25, 0.3) is 0 Å². The zero-order chi connectivity index (χ0) is 9.38. The molecule has 1 N–H and O–H groups in total. The minimum absolute atomic E-state index is 0.0297. The van der Waals surface area contributed by atoms with Crippen molar-refractivity contribution in [3.8, 4) is 0 Å². The molecule has 3 heteroatoms. The molecule has 3 rings (SSSR count). The Bertz CT molecular complexity index is 314. The van der Waals surface area contributed by atoms with E-state index in [-0.39, 0.29) is 12.5 Å². The van der Waals surface area contributed by atoms with Crippen LogP contribution in [-0.2, 0) is 15.9 Å². The number of hydrogen-bond acceptors (Lipinski definition) is 3. The second-order valence-corrected chi connectivity index (χ2v) is 3.81. The maximum atomic E-state index is 5.45. The Labute approximate surface area is 83.0 Å². The van der Waals surface area contributed by atoms with Crippen LogP contribution in [0.1, 0.15) is 5.56 Å². The molecule has 2 unspecified atom stereocenters. The van der Waals surface area contributed by atoms with E-state index < -0.39 is 0 Å². The van der Waals surface area contributed by atoms with Crippen molar-refractivity contribution in [2.45, 2.75) is 25.0 Å². The fourth-order valence-corrected chi connectivity index (χ4v) is 1.85. The second kappa shape index (κ2) is 3.35. The Morgan fingerprint density at radius 3 is 2.93 bits per heavy atom. The van der Waals surface area contributed by atoms with Gasteiger partial charge in [0.05, 0.1) is 6.61 Å². The number of nitrogens with one attached hydrogen (secondary N) is 1. The van der Waals surface area contributed by atoms with Crippen molar-refractivity contribution < 1.29 is 9.47 Å². The lowest BCUT2D eigenvalue weighted by atomic mass is 10.1. The summed E-state index contributed by atoms with van der Waals surface area (Å²) in [4.78, 5) is 0. The quantitative estimate of drug-likeness (QED) is 0.705. The van der Waals surface area contributed by atoms with Gasteiger partial charge in [0.15, 0.2) is 12.5 Å². The molecule has 1 aromatic carbocycles. The van der Waals surface area contributed by atoms with Gasteiger partial charge in [-0.2, -0.15) is 0 Å². The highest BCUT2D eigenvalue weighted by atomic mass is 16.8. The molecule has 2 aliphatic rings. The number of fused-ring (bicyclic) bond motifs is 1. The summed E-state index contributed by atoms with van der Waals surface area (Å²) in [6, 6.07) is 10.8. The van der Waals surface area contributed by atoms with Crippen LogP contribution in [0.5, 0.6) is 0 Å². The number of epoxide rings is 1. The summed E-state index contributed by atoms with van der Waals surface area (Å²) in [5, 5.41) is 3.39. The summed E-state index contributed by atoms with van der Waals surface area (Å²) in [6.07, 6.45) is 1.19. The van der Waals surface area contributed by atoms with E-state index in [4.69, 9.17) is 9.47 Å². The van der Waals surface area contributed by atoms with Crippen LogP contribution in [0.4, 0.5) is 0 Å². The molecule has 0 radical (unpaired) electrons. The smallest absolute Gasteiger partial charge is 0.199 e. The predicted molar refractivity (Wildman–Crippen MR) is 51.7 cm³/mol. The van der Waals surface area contributed by atoms with Gasteiger partial charge in [-0.3, -0.25) is 5.32 Å². The van der Waals surface area contributed by atoms with E-state index in [0.717, 1.165) is 13.0 Å². The molecule has 0 aliphatic carbocycles. The number of ether oxygens (including phenoxy) is 2. The third-order valence-electron chi connectivity index (χ3n) is 2.64. The predicted octanol–water partition coefficient (Wildman–Crippen LogP) is 0.900. The third kappa shape index (κ3) is 1.66. The Balaban J connectivity index is 1.61. The minimum atomic E-state index is 0.0297. The highest BCUT2D eigenvalue weighted by molar-refractivity contribution is 5.16. The van der Waals surface area contributed by atoms with Crippen LogP contribution in [0, 0.1) is 0 Å². The molecule has 1 aromatic rings. The lowest BCUT2D eigenvalue weighted by Gasteiger charge is -2.20. The van der Waals surface area contributed by atoms with E-state index in [0.29, 0.717) is 6.04 Å². The number of morpholine rings is 1. The lowest BCUT2D eigenvalue weighted by molar-refractivity contribution is 0.0310. The highest BCUT2D eigenvalue weighted by Crippen LogP contribution is 2.25. The summed E-state index contributed by atoms with van der Waals surface area (Å²) >= 11 is 0. The van der Waals surface area contributed by atoms with E-state index in [1.807, 2.05) is 6.07 Å². The van der Waals surface area contributed by atoms with Crippen LogP contribution in [0.2, 0.25) is 0 Å². The molecule has 2 heterocycles. The van der Waals surface area contributed by atoms with Crippen LogP contribution < -0.4 is 5.32 Å². The molecular weight excluding hydrogens is 178 g/mol. The van der Waals surface area contributed by atoms with Crippen LogP contribution >= 0.6 is 0 Å². The minimum Gasteiger partial charge on any atom is -0.347 e. The number of hydrogen-bond donors (Lipinski definition) is 1. The van der Waals surface area contributed by atoms with Crippen LogP contribution in [0.15, 0.2) is 30.3 Å². The van der Waals surface area contributed by atoms with Crippen molar-refractivity contribution in [1.82, 2.24) is 5.32 Å². The first kappa shape index (κ1) is 8.41. The Morgan fingerprint density at radius 1 is 1.29 bits per heavy atom. The summed E-state index contributed by atoms with van der Waals surface area (Å²) in [5.74, 6) is 0. The summed E-state index contributed by atoms with van der Waals surface area (Å²) in [6.45, 7) is 0.746. The molecule has 2 fully saturated rings. The van der Waals surface area contributed by atoms with Gasteiger partial charge in [-0.25, -0.2) is 0 Å². The maximum absolute atomic E-state index is 5.45. The van der Waals surface area contributed by atoms with Gasteiger partial charge in [-0.1, -0.05) is 30.3 Å². The average molecular weight is 191 g/mol. The largest absolute Gasteiger partial charge is 0.347 e. The first-order valence-corrected chi connectivity index (χ1v) is 4.99.